The third kappa shape index (κ3) is 3.85. The molecule has 2 aliphatic rings. The Labute approximate surface area is 124 Å². The van der Waals surface area contributed by atoms with E-state index in [-0.39, 0.29) is 18.7 Å². The van der Waals surface area contributed by atoms with Crippen molar-refractivity contribution < 1.29 is 24.2 Å². The van der Waals surface area contributed by atoms with E-state index in [0.29, 0.717) is 32.7 Å². The van der Waals surface area contributed by atoms with Gasteiger partial charge in [0.15, 0.2) is 5.54 Å². The number of nitrogens with one attached hydrogen (secondary N) is 1. The molecule has 0 spiro atoms. The summed E-state index contributed by atoms with van der Waals surface area (Å²) in [6, 6.07) is -0.340. The number of rotatable bonds is 5. The molecule has 2 aliphatic heterocycles. The Kier molecular flexibility index (Phi) is 5.41. The van der Waals surface area contributed by atoms with Crippen molar-refractivity contribution in [2.45, 2.75) is 44.2 Å². The van der Waals surface area contributed by atoms with Crippen LogP contribution in [0.2, 0.25) is 0 Å². The molecule has 7 nitrogen and oxygen atoms in total. The lowest BCUT2D eigenvalue weighted by Crippen LogP contribution is -2.60. The van der Waals surface area contributed by atoms with Crippen LogP contribution < -0.4 is 5.32 Å². The second kappa shape index (κ2) is 7.09. The number of amides is 2. The van der Waals surface area contributed by atoms with E-state index in [2.05, 4.69) is 5.32 Å². The number of urea groups is 1. The van der Waals surface area contributed by atoms with Crippen LogP contribution in [-0.4, -0.2) is 66.6 Å². The molecule has 2 atom stereocenters. The molecule has 0 bridgehead atoms. The molecule has 2 unspecified atom stereocenters. The Hall–Kier alpha value is -1.34. The summed E-state index contributed by atoms with van der Waals surface area (Å²) in [5, 5.41) is 12.0. The molecule has 2 amide bonds. The van der Waals surface area contributed by atoms with Gasteiger partial charge in [0.25, 0.3) is 0 Å². The minimum Gasteiger partial charge on any atom is -0.479 e. The van der Waals surface area contributed by atoms with Gasteiger partial charge in [-0.25, -0.2) is 9.59 Å². The SMILES string of the molecule is CCCOC1CCCN(C(=O)NC2(C(=O)O)CCOC2)C1. The van der Waals surface area contributed by atoms with Crippen LogP contribution in [0, 0.1) is 0 Å². The Bertz CT molecular complexity index is 382. The highest BCUT2D eigenvalue weighted by molar-refractivity contribution is 5.86. The number of carbonyl (C=O) groups excluding carboxylic acids is 1. The molecule has 0 aromatic heterocycles. The molecule has 0 aromatic rings. The van der Waals surface area contributed by atoms with Gasteiger partial charge in [0.05, 0.1) is 12.7 Å². The molecule has 0 aromatic carbocycles. The van der Waals surface area contributed by atoms with E-state index in [0.717, 1.165) is 19.3 Å². The fourth-order valence-electron chi connectivity index (χ4n) is 2.71. The third-order valence-corrected chi connectivity index (χ3v) is 4.00. The topological polar surface area (TPSA) is 88.1 Å². The van der Waals surface area contributed by atoms with Gasteiger partial charge in [0, 0.05) is 32.7 Å². The van der Waals surface area contributed by atoms with E-state index < -0.39 is 11.5 Å². The third-order valence-electron chi connectivity index (χ3n) is 4.00. The van der Waals surface area contributed by atoms with Gasteiger partial charge in [0.2, 0.25) is 0 Å². The Morgan fingerprint density at radius 2 is 2.33 bits per heavy atom. The predicted molar refractivity (Wildman–Crippen MR) is 75.2 cm³/mol. The van der Waals surface area contributed by atoms with E-state index in [1.165, 1.54) is 0 Å². The first-order valence-electron chi connectivity index (χ1n) is 7.57. The van der Waals surface area contributed by atoms with E-state index >= 15 is 0 Å². The molecule has 0 aliphatic carbocycles. The van der Waals surface area contributed by atoms with Crippen LogP contribution in [0.5, 0.6) is 0 Å². The summed E-state index contributed by atoms with van der Waals surface area (Å²) in [5.74, 6) is -1.04. The van der Waals surface area contributed by atoms with Gasteiger partial charge in [0.1, 0.15) is 0 Å². The van der Waals surface area contributed by atoms with E-state index in [4.69, 9.17) is 9.47 Å². The number of aliphatic carboxylic acids is 1. The highest BCUT2D eigenvalue weighted by atomic mass is 16.5. The van der Waals surface area contributed by atoms with Gasteiger partial charge in [-0.05, 0) is 19.3 Å². The van der Waals surface area contributed by atoms with Gasteiger partial charge >= 0.3 is 12.0 Å². The van der Waals surface area contributed by atoms with Gasteiger partial charge in [-0.1, -0.05) is 6.92 Å². The largest absolute Gasteiger partial charge is 0.479 e. The summed E-state index contributed by atoms with van der Waals surface area (Å²) in [6.07, 6.45) is 3.11. The van der Waals surface area contributed by atoms with Crippen LogP contribution in [0.3, 0.4) is 0 Å². The normalized spacial score (nSPS) is 29.4. The second-order valence-electron chi connectivity index (χ2n) is 5.70. The maximum Gasteiger partial charge on any atom is 0.332 e. The molecular formula is C14H24N2O5. The Balaban J connectivity index is 1.91. The van der Waals surface area contributed by atoms with Crippen molar-refractivity contribution >= 4 is 12.0 Å². The van der Waals surface area contributed by atoms with Crippen LogP contribution in [0.4, 0.5) is 4.79 Å². The predicted octanol–water partition coefficient (Wildman–Crippen LogP) is 0.831. The fraction of sp³-hybridized carbons (Fsp3) is 0.857. The maximum atomic E-state index is 12.3. The molecule has 7 heteroatoms. The first-order valence-corrected chi connectivity index (χ1v) is 7.57. The van der Waals surface area contributed by atoms with Crippen molar-refractivity contribution in [1.82, 2.24) is 10.2 Å². The van der Waals surface area contributed by atoms with Crippen molar-refractivity contribution in [3.8, 4) is 0 Å². The lowest BCUT2D eigenvalue weighted by atomic mass is 9.99. The van der Waals surface area contributed by atoms with E-state index in [9.17, 15) is 14.7 Å². The first kappa shape index (κ1) is 16.0. The monoisotopic (exact) mass is 300 g/mol. The van der Waals surface area contributed by atoms with Crippen molar-refractivity contribution in [1.29, 1.82) is 0 Å². The van der Waals surface area contributed by atoms with Gasteiger partial charge in [-0.15, -0.1) is 0 Å². The van der Waals surface area contributed by atoms with Crippen LogP contribution in [0.15, 0.2) is 0 Å². The lowest BCUT2D eigenvalue weighted by Gasteiger charge is -2.35. The van der Waals surface area contributed by atoms with E-state index in [1.807, 2.05) is 6.92 Å². The van der Waals surface area contributed by atoms with Crippen LogP contribution in [0.1, 0.15) is 32.6 Å². The number of carboxylic acid groups (broad SMARTS) is 1. The maximum absolute atomic E-state index is 12.3. The molecule has 0 radical (unpaired) electrons. The number of likely N-dealkylation sites (tertiary alicyclic amines) is 1. The summed E-state index contributed by atoms with van der Waals surface area (Å²) >= 11 is 0. The van der Waals surface area contributed by atoms with Crippen LogP contribution in [-0.2, 0) is 14.3 Å². The average molecular weight is 300 g/mol. The number of hydrogen-bond acceptors (Lipinski definition) is 4. The first-order chi connectivity index (χ1) is 10.1. The fourth-order valence-corrected chi connectivity index (χ4v) is 2.71. The molecule has 2 N–H and O–H groups in total. The molecule has 2 fully saturated rings. The van der Waals surface area contributed by atoms with Crippen molar-refractivity contribution in [3.63, 3.8) is 0 Å². The summed E-state index contributed by atoms with van der Waals surface area (Å²) < 4.78 is 10.8. The molecule has 21 heavy (non-hydrogen) atoms. The van der Waals surface area contributed by atoms with Crippen molar-refractivity contribution in [3.05, 3.63) is 0 Å². The quantitative estimate of drug-likeness (QED) is 0.785. The summed E-state index contributed by atoms with van der Waals surface area (Å²) in [4.78, 5) is 25.4. The minimum absolute atomic E-state index is 0.0255. The Morgan fingerprint density at radius 3 is 2.95 bits per heavy atom. The number of ether oxygens (including phenoxy) is 2. The van der Waals surface area contributed by atoms with Crippen LogP contribution in [0.25, 0.3) is 0 Å². The summed E-state index contributed by atoms with van der Waals surface area (Å²) in [6.45, 7) is 4.26. The molecular weight excluding hydrogens is 276 g/mol. The van der Waals surface area contributed by atoms with Crippen molar-refractivity contribution in [2.75, 3.05) is 32.9 Å². The minimum atomic E-state index is -1.28. The van der Waals surface area contributed by atoms with Crippen LogP contribution >= 0.6 is 0 Å². The van der Waals surface area contributed by atoms with E-state index in [1.54, 1.807) is 4.90 Å². The highest BCUT2D eigenvalue weighted by Crippen LogP contribution is 2.20. The van der Waals surface area contributed by atoms with Gasteiger partial charge in [-0.3, -0.25) is 0 Å². The average Bonchev–Trinajstić information content (AvgIpc) is 2.95. The summed E-state index contributed by atoms with van der Waals surface area (Å²) in [7, 11) is 0. The molecule has 2 heterocycles. The van der Waals surface area contributed by atoms with Gasteiger partial charge < -0.3 is 24.8 Å². The Morgan fingerprint density at radius 1 is 1.52 bits per heavy atom. The second-order valence-corrected chi connectivity index (χ2v) is 5.70. The number of piperidine rings is 1. The molecule has 120 valence electrons. The van der Waals surface area contributed by atoms with Gasteiger partial charge in [-0.2, -0.15) is 0 Å². The number of nitrogens with zero attached hydrogens (tertiary/aromatic N) is 1. The number of carboxylic acids is 1. The van der Waals surface area contributed by atoms with Crippen molar-refractivity contribution in [2.24, 2.45) is 0 Å². The number of carbonyl (C=O) groups is 2. The standard InChI is InChI=1S/C14H24N2O5/c1-2-7-21-11-4-3-6-16(9-11)13(19)15-14(12(17)18)5-8-20-10-14/h11H,2-10H2,1H3,(H,15,19)(H,17,18). The smallest absolute Gasteiger partial charge is 0.332 e. The number of hydrogen-bond donors (Lipinski definition) is 2. The highest BCUT2D eigenvalue weighted by Gasteiger charge is 2.45. The molecule has 0 saturated carbocycles. The summed E-state index contributed by atoms with van der Waals surface area (Å²) in [5.41, 5.74) is -1.28. The lowest BCUT2D eigenvalue weighted by molar-refractivity contribution is -0.144. The zero-order chi connectivity index (χ0) is 15.3. The zero-order valence-corrected chi connectivity index (χ0v) is 12.5. The molecule has 2 saturated heterocycles. The zero-order valence-electron chi connectivity index (χ0n) is 12.5. The molecule has 2 rings (SSSR count).